The second-order valence-electron chi connectivity index (χ2n) is 2.83. The molecule has 0 amide bonds. The van der Waals surface area contributed by atoms with Crippen LogP contribution >= 0.6 is 7.37 Å². The maximum atomic E-state index is 11.2. The van der Waals surface area contributed by atoms with E-state index in [1.807, 2.05) is 0 Å². The molecule has 5 nitrogen and oxygen atoms in total. The quantitative estimate of drug-likeness (QED) is 0.549. The molecule has 0 aromatic carbocycles. The van der Waals surface area contributed by atoms with Gasteiger partial charge in [0.2, 0.25) is 7.37 Å². The minimum Gasteiger partial charge on any atom is -0.480 e. The molecule has 0 spiro atoms. The third-order valence-corrected chi connectivity index (χ3v) is 3.71. The van der Waals surface area contributed by atoms with Crippen LogP contribution in [-0.4, -0.2) is 34.5 Å². The minimum atomic E-state index is -3.20. The van der Waals surface area contributed by atoms with Crippen molar-refractivity contribution >= 4 is 13.3 Å². The normalized spacial score (nSPS) is 16.0. The van der Waals surface area contributed by atoms with Crippen molar-refractivity contribution in [2.45, 2.75) is 19.5 Å². The topological polar surface area (TPSA) is 86.6 Å². The van der Waals surface area contributed by atoms with Crippen LogP contribution in [0, 0.1) is 0 Å². The van der Waals surface area contributed by atoms with Crippen LogP contribution < -0.4 is 5.32 Å². The Morgan fingerprint density at radius 3 is 2.42 bits per heavy atom. The van der Waals surface area contributed by atoms with Gasteiger partial charge in [0.15, 0.2) is 0 Å². The van der Waals surface area contributed by atoms with E-state index in [-0.39, 0.29) is 18.5 Å². The van der Waals surface area contributed by atoms with Crippen LogP contribution in [0.3, 0.4) is 0 Å². The van der Waals surface area contributed by atoms with Gasteiger partial charge in [0.25, 0.3) is 0 Å². The lowest BCUT2D eigenvalue weighted by atomic mass is 10.6. The summed E-state index contributed by atoms with van der Waals surface area (Å²) in [6.07, 6.45) is -0.142. The maximum Gasteiger partial charge on any atom is 0.317 e. The highest BCUT2D eigenvalue weighted by Gasteiger charge is 2.22. The van der Waals surface area contributed by atoms with Crippen molar-refractivity contribution in [3.8, 4) is 0 Å². The number of hydrogen-bond acceptors (Lipinski definition) is 3. The lowest BCUT2D eigenvalue weighted by molar-refractivity contribution is -0.135. The summed E-state index contributed by atoms with van der Waals surface area (Å²) in [5.74, 6) is -1.03. The fraction of sp³-hybridized carbons (Fsp3) is 0.833. The second-order valence-corrected chi connectivity index (χ2v) is 5.69. The predicted molar refractivity (Wildman–Crippen MR) is 45.5 cm³/mol. The monoisotopic (exact) mass is 195 g/mol. The minimum absolute atomic E-state index is 0.142. The highest BCUT2D eigenvalue weighted by atomic mass is 31.2. The van der Waals surface area contributed by atoms with Crippen molar-refractivity contribution < 1.29 is 19.4 Å². The maximum absolute atomic E-state index is 11.2. The van der Waals surface area contributed by atoms with Gasteiger partial charge in [0.1, 0.15) is 0 Å². The van der Waals surface area contributed by atoms with E-state index >= 15 is 0 Å². The van der Waals surface area contributed by atoms with Crippen LogP contribution in [0.1, 0.15) is 13.8 Å². The van der Waals surface area contributed by atoms with Crippen molar-refractivity contribution in [2.75, 3.05) is 12.8 Å². The van der Waals surface area contributed by atoms with Crippen molar-refractivity contribution in [1.29, 1.82) is 0 Å². The molecule has 0 aliphatic carbocycles. The van der Waals surface area contributed by atoms with Gasteiger partial charge in [-0.25, -0.2) is 0 Å². The molecule has 0 saturated carbocycles. The number of nitrogens with one attached hydrogen (secondary N) is 1. The van der Waals surface area contributed by atoms with Gasteiger partial charge in [0, 0.05) is 5.66 Å². The number of hydrogen-bond donors (Lipinski definition) is 3. The van der Waals surface area contributed by atoms with Gasteiger partial charge in [-0.1, -0.05) is 13.8 Å². The Labute approximate surface area is 71.2 Å². The first-order valence-corrected chi connectivity index (χ1v) is 5.51. The Kier molecular flexibility index (Phi) is 4.45. The molecule has 0 aromatic heterocycles. The third kappa shape index (κ3) is 4.49. The zero-order chi connectivity index (χ0) is 9.78. The molecule has 0 bridgehead atoms. The Balaban J connectivity index is 3.77. The van der Waals surface area contributed by atoms with E-state index in [1.165, 1.54) is 0 Å². The van der Waals surface area contributed by atoms with Gasteiger partial charge >= 0.3 is 5.97 Å². The molecule has 0 aliphatic rings. The zero-order valence-electron chi connectivity index (χ0n) is 7.15. The molecule has 0 radical (unpaired) electrons. The second kappa shape index (κ2) is 4.60. The summed E-state index contributed by atoms with van der Waals surface area (Å²) in [6, 6.07) is 0. The zero-order valence-corrected chi connectivity index (χ0v) is 8.04. The Morgan fingerprint density at radius 2 is 2.08 bits per heavy atom. The van der Waals surface area contributed by atoms with Crippen LogP contribution in [0.2, 0.25) is 0 Å². The SMILES string of the molecule is CC(C)P(=O)(O)CNCC(=O)O. The van der Waals surface area contributed by atoms with Gasteiger partial charge in [-0.3, -0.25) is 14.7 Å². The molecule has 0 saturated heterocycles. The first-order valence-electron chi connectivity index (χ1n) is 3.60. The smallest absolute Gasteiger partial charge is 0.317 e. The summed E-state index contributed by atoms with van der Waals surface area (Å²) >= 11 is 0. The van der Waals surface area contributed by atoms with E-state index in [0.717, 1.165) is 0 Å². The molecule has 0 fully saturated rings. The van der Waals surface area contributed by atoms with Crippen LogP contribution in [0.4, 0.5) is 0 Å². The Bertz CT molecular complexity index is 204. The van der Waals surface area contributed by atoms with E-state index < -0.39 is 13.3 Å². The first kappa shape index (κ1) is 11.6. The average molecular weight is 195 g/mol. The summed E-state index contributed by atoms with van der Waals surface area (Å²) in [5.41, 5.74) is -0.334. The molecule has 0 heterocycles. The Hall–Kier alpha value is -0.380. The molecular formula is C6H14NO4P. The van der Waals surface area contributed by atoms with Crippen molar-refractivity contribution in [3.63, 3.8) is 0 Å². The van der Waals surface area contributed by atoms with Crippen molar-refractivity contribution in [3.05, 3.63) is 0 Å². The number of carbonyl (C=O) groups is 1. The lowest BCUT2D eigenvalue weighted by Crippen LogP contribution is -2.25. The van der Waals surface area contributed by atoms with E-state index in [1.54, 1.807) is 13.8 Å². The summed E-state index contributed by atoms with van der Waals surface area (Å²) in [6.45, 7) is 2.98. The largest absolute Gasteiger partial charge is 0.480 e. The van der Waals surface area contributed by atoms with Gasteiger partial charge in [-0.2, -0.15) is 0 Å². The van der Waals surface area contributed by atoms with Crippen LogP contribution in [0.15, 0.2) is 0 Å². The van der Waals surface area contributed by atoms with Gasteiger partial charge in [-0.05, 0) is 0 Å². The summed E-state index contributed by atoms with van der Waals surface area (Å²) in [7, 11) is -3.20. The number of aliphatic carboxylic acids is 1. The average Bonchev–Trinajstić information content (AvgIpc) is 1.85. The molecule has 1 atom stereocenters. The molecule has 12 heavy (non-hydrogen) atoms. The highest BCUT2D eigenvalue weighted by molar-refractivity contribution is 7.58. The lowest BCUT2D eigenvalue weighted by Gasteiger charge is -2.14. The van der Waals surface area contributed by atoms with Crippen LogP contribution in [0.25, 0.3) is 0 Å². The highest BCUT2D eigenvalue weighted by Crippen LogP contribution is 2.44. The van der Waals surface area contributed by atoms with Gasteiger partial charge in [0.05, 0.1) is 12.8 Å². The standard InChI is InChI=1S/C6H14NO4P/c1-5(2)12(10,11)4-7-3-6(8)9/h5,7H,3-4H2,1-2H3,(H,8,9)(H,10,11). The number of rotatable bonds is 5. The fourth-order valence-electron chi connectivity index (χ4n) is 0.506. The van der Waals surface area contributed by atoms with Gasteiger partial charge < -0.3 is 10.00 Å². The van der Waals surface area contributed by atoms with Crippen molar-refractivity contribution in [2.24, 2.45) is 0 Å². The molecule has 1 unspecified atom stereocenters. The van der Waals surface area contributed by atoms with Crippen LogP contribution in [-0.2, 0) is 9.36 Å². The molecular weight excluding hydrogens is 181 g/mol. The number of carboxylic acids is 1. The number of carboxylic acid groups (broad SMARTS) is 1. The summed E-state index contributed by atoms with van der Waals surface area (Å²) < 4.78 is 11.2. The molecule has 0 rings (SSSR count). The van der Waals surface area contributed by atoms with Crippen molar-refractivity contribution in [1.82, 2.24) is 5.32 Å². The first-order chi connectivity index (χ1) is 5.36. The third-order valence-electron chi connectivity index (χ3n) is 1.42. The van der Waals surface area contributed by atoms with Crippen LogP contribution in [0.5, 0.6) is 0 Å². The van der Waals surface area contributed by atoms with E-state index in [0.29, 0.717) is 0 Å². The van der Waals surface area contributed by atoms with E-state index in [2.05, 4.69) is 5.32 Å². The molecule has 0 aliphatic heterocycles. The summed E-state index contributed by atoms with van der Waals surface area (Å²) in [4.78, 5) is 19.2. The summed E-state index contributed by atoms with van der Waals surface area (Å²) in [5, 5.41) is 10.6. The van der Waals surface area contributed by atoms with Gasteiger partial charge in [-0.15, -0.1) is 0 Å². The molecule has 0 aromatic rings. The molecule has 6 heteroatoms. The Morgan fingerprint density at radius 1 is 1.58 bits per heavy atom. The molecule has 3 N–H and O–H groups in total. The fourth-order valence-corrected chi connectivity index (χ4v) is 1.30. The molecule has 72 valence electrons. The van der Waals surface area contributed by atoms with E-state index in [9.17, 15) is 14.3 Å². The predicted octanol–water partition coefficient (Wildman–Crippen LogP) is 0.297. The van der Waals surface area contributed by atoms with E-state index in [4.69, 9.17) is 5.11 Å².